The van der Waals surface area contributed by atoms with E-state index in [0.29, 0.717) is 36.1 Å². The molecule has 0 spiro atoms. The molecule has 1 fully saturated rings. The minimum absolute atomic E-state index is 0.000762. The first kappa shape index (κ1) is 30.7. The highest BCUT2D eigenvalue weighted by atomic mass is 28.3. The number of aromatic nitrogens is 4. The van der Waals surface area contributed by atoms with E-state index in [1.54, 1.807) is 24.4 Å². The maximum absolute atomic E-state index is 13.4. The number of carbonyl (C=O) groups excluding carboxylic acids is 1. The van der Waals surface area contributed by atoms with Gasteiger partial charge < -0.3 is 18.8 Å². The lowest BCUT2D eigenvalue weighted by Gasteiger charge is -2.28. The van der Waals surface area contributed by atoms with Gasteiger partial charge in [0.25, 0.3) is 0 Å². The number of pyridine rings is 2. The average Bonchev–Trinajstić information content (AvgIpc) is 3.39. The zero-order valence-electron chi connectivity index (χ0n) is 23.9. The van der Waals surface area contributed by atoms with Crippen LogP contribution < -0.4 is 4.74 Å². The molecule has 4 rings (SSSR count). The largest absolute Gasteiger partial charge is 0.477 e. The van der Waals surface area contributed by atoms with Crippen molar-refractivity contribution in [2.75, 3.05) is 20.3 Å². The zero-order chi connectivity index (χ0) is 29.6. The topological polar surface area (TPSA) is 88.4 Å². The standard InChI is InChI=1S/C29H37F3N4O4Si/c1-38-28(37)22-11-12-33-26(15-22)40-18-20-5-7-21(8-6-20)24-10-9-23(16-34-24)27-35-25(29(30,31)32)17-36(27)19-39-13-14-41(2,3)4/h9-12,15-17,20-21H,5-8,13-14,18-19H2,1-4H3/t20-,21-. The summed E-state index contributed by atoms with van der Waals surface area (Å²) in [7, 11) is 0.0102. The number of alkyl halides is 3. The van der Waals surface area contributed by atoms with Crippen LogP contribution in [0.25, 0.3) is 11.4 Å². The molecule has 3 heterocycles. The fraction of sp³-hybridized carbons (Fsp3) is 0.517. The Morgan fingerprint density at radius 2 is 1.85 bits per heavy atom. The van der Waals surface area contributed by atoms with Crippen molar-refractivity contribution in [1.82, 2.24) is 19.5 Å². The summed E-state index contributed by atoms with van der Waals surface area (Å²) >= 11 is 0. The first-order valence-corrected chi connectivity index (χ1v) is 17.5. The van der Waals surface area contributed by atoms with Crippen LogP contribution in [0, 0.1) is 5.92 Å². The van der Waals surface area contributed by atoms with Gasteiger partial charge in [-0.25, -0.2) is 14.8 Å². The molecule has 0 aromatic carbocycles. The molecule has 3 aromatic heterocycles. The summed E-state index contributed by atoms with van der Waals surface area (Å²) in [6.45, 7) is 7.66. The fourth-order valence-corrected chi connectivity index (χ4v) is 5.52. The first-order valence-electron chi connectivity index (χ1n) is 13.8. The third-order valence-electron chi connectivity index (χ3n) is 7.23. The van der Waals surface area contributed by atoms with Crippen LogP contribution in [-0.2, 0) is 22.4 Å². The Kier molecular flexibility index (Phi) is 9.85. The third-order valence-corrected chi connectivity index (χ3v) is 8.93. The van der Waals surface area contributed by atoms with Gasteiger partial charge in [-0.1, -0.05) is 19.6 Å². The van der Waals surface area contributed by atoms with Gasteiger partial charge in [0.1, 0.15) is 12.6 Å². The number of ether oxygens (including phenoxy) is 3. The number of methoxy groups -OCH3 is 1. The Labute approximate surface area is 239 Å². The van der Waals surface area contributed by atoms with E-state index in [0.717, 1.165) is 43.6 Å². The van der Waals surface area contributed by atoms with E-state index in [1.165, 1.54) is 17.9 Å². The van der Waals surface area contributed by atoms with Gasteiger partial charge in [0, 0.05) is 56.5 Å². The van der Waals surface area contributed by atoms with Crippen molar-refractivity contribution in [2.24, 2.45) is 5.92 Å². The second kappa shape index (κ2) is 13.2. The van der Waals surface area contributed by atoms with Crippen molar-refractivity contribution in [3.63, 3.8) is 0 Å². The Morgan fingerprint density at radius 3 is 2.49 bits per heavy atom. The molecule has 8 nitrogen and oxygen atoms in total. The van der Waals surface area contributed by atoms with Crippen molar-refractivity contribution in [3.05, 3.63) is 59.8 Å². The summed E-state index contributed by atoms with van der Waals surface area (Å²) in [5.41, 5.74) is 0.878. The van der Waals surface area contributed by atoms with Crippen molar-refractivity contribution in [3.8, 4) is 17.3 Å². The molecule has 0 bridgehead atoms. The van der Waals surface area contributed by atoms with Gasteiger partial charge >= 0.3 is 12.1 Å². The number of carbonyl (C=O) groups is 1. The van der Waals surface area contributed by atoms with Gasteiger partial charge in [0.15, 0.2) is 5.69 Å². The van der Waals surface area contributed by atoms with Crippen LogP contribution in [0.1, 0.15) is 53.3 Å². The number of hydrogen-bond acceptors (Lipinski definition) is 7. The molecule has 0 N–H and O–H groups in total. The van der Waals surface area contributed by atoms with Gasteiger partial charge in [-0.3, -0.25) is 4.98 Å². The van der Waals surface area contributed by atoms with E-state index in [4.69, 9.17) is 14.2 Å². The SMILES string of the molecule is COC(=O)c1ccnc(OC[C@H]2CC[C@H](c3ccc(-c4nc(C(F)(F)F)cn4COCC[Si](C)(C)C)cn3)CC2)c1. The van der Waals surface area contributed by atoms with E-state index in [2.05, 4.69) is 34.6 Å². The summed E-state index contributed by atoms with van der Waals surface area (Å²) < 4.78 is 58.0. The summed E-state index contributed by atoms with van der Waals surface area (Å²) in [6.07, 6.45) is 3.31. The molecule has 0 unspecified atom stereocenters. The number of nitrogens with zero attached hydrogens (tertiary/aromatic N) is 4. The lowest BCUT2D eigenvalue weighted by atomic mass is 9.80. The van der Waals surface area contributed by atoms with E-state index < -0.39 is 25.9 Å². The quantitative estimate of drug-likeness (QED) is 0.138. The predicted octanol–water partition coefficient (Wildman–Crippen LogP) is 6.81. The Bertz CT molecular complexity index is 1300. The molecule has 41 heavy (non-hydrogen) atoms. The predicted molar refractivity (Wildman–Crippen MR) is 150 cm³/mol. The van der Waals surface area contributed by atoms with Crippen LogP contribution in [0.4, 0.5) is 13.2 Å². The van der Waals surface area contributed by atoms with Crippen LogP contribution >= 0.6 is 0 Å². The minimum atomic E-state index is -4.55. The van der Waals surface area contributed by atoms with Gasteiger partial charge in [-0.2, -0.15) is 13.2 Å². The van der Waals surface area contributed by atoms with Gasteiger partial charge in [-0.15, -0.1) is 0 Å². The molecule has 1 saturated carbocycles. The molecular weight excluding hydrogens is 553 g/mol. The first-order chi connectivity index (χ1) is 19.4. The molecule has 1 aliphatic carbocycles. The molecule has 222 valence electrons. The Hall–Kier alpha value is -3.25. The fourth-order valence-electron chi connectivity index (χ4n) is 4.76. The summed E-state index contributed by atoms with van der Waals surface area (Å²) in [5.74, 6) is 0.752. The second-order valence-electron chi connectivity index (χ2n) is 11.6. The van der Waals surface area contributed by atoms with E-state index in [9.17, 15) is 18.0 Å². The molecule has 0 aliphatic heterocycles. The van der Waals surface area contributed by atoms with Gasteiger partial charge in [0.2, 0.25) is 5.88 Å². The molecule has 3 aromatic rings. The highest BCUT2D eigenvalue weighted by molar-refractivity contribution is 6.76. The average molecular weight is 591 g/mol. The smallest absolute Gasteiger partial charge is 0.434 e. The molecule has 0 atom stereocenters. The van der Waals surface area contributed by atoms with E-state index >= 15 is 0 Å². The number of hydrogen-bond donors (Lipinski definition) is 0. The molecular formula is C29H37F3N4O4Si. The van der Waals surface area contributed by atoms with E-state index in [-0.39, 0.29) is 18.5 Å². The molecule has 0 amide bonds. The van der Waals surface area contributed by atoms with Crippen LogP contribution in [0.2, 0.25) is 25.7 Å². The number of rotatable bonds is 11. The van der Waals surface area contributed by atoms with Crippen LogP contribution in [0.5, 0.6) is 5.88 Å². The Morgan fingerprint density at radius 1 is 1.10 bits per heavy atom. The van der Waals surface area contributed by atoms with Gasteiger partial charge in [0.05, 0.1) is 19.3 Å². The number of imidazole rings is 1. The summed E-state index contributed by atoms with van der Waals surface area (Å²) in [6, 6.07) is 7.75. The monoisotopic (exact) mass is 590 g/mol. The maximum Gasteiger partial charge on any atom is 0.434 e. The maximum atomic E-state index is 13.4. The third kappa shape index (κ3) is 8.62. The molecule has 1 aliphatic rings. The number of halogens is 3. The lowest BCUT2D eigenvalue weighted by Crippen LogP contribution is -2.22. The van der Waals surface area contributed by atoms with E-state index in [1.807, 2.05) is 6.07 Å². The van der Waals surface area contributed by atoms with Gasteiger partial charge in [-0.05, 0) is 55.8 Å². The van der Waals surface area contributed by atoms with Crippen molar-refractivity contribution in [2.45, 2.75) is 70.2 Å². The highest BCUT2D eigenvalue weighted by Crippen LogP contribution is 2.36. The second-order valence-corrected chi connectivity index (χ2v) is 17.3. The highest BCUT2D eigenvalue weighted by Gasteiger charge is 2.35. The zero-order valence-corrected chi connectivity index (χ0v) is 24.9. The van der Waals surface area contributed by atoms with Crippen molar-refractivity contribution in [1.29, 1.82) is 0 Å². The minimum Gasteiger partial charge on any atom is -0.477 e. The summed E-state index contributed by atoms with van der Waals surface area (Å²) in [5, 5.41) is 0. The molecule has 0 saturated heterocycles. The van der Waals surface area contributed by atoms with Crippen molar-refractivity contribution >= 4 is 14.0 Å². The Balaban J connectivity index is 1.34. The van der Waals surface area contributed by atoms with Crippen molar-refractivity contribution < 1.29 is 32.2 Å². The molecule has 0 radical (unpaired) electrons. The lowest BCUT2D eigenvalue weighted by molar-refractivity contribution is -0.141. The van der Waals surface area contributed by atoms with Crippen LogP contribution in [-0.4, -0.2) is 53.9 Å². The molecule has 12 heteroatoms. The van der Waals surface area contributed by atoms with Crippen LogP contribution in [0.15, 0.2) is 42.9 Å². The number of esters is 1. The summed E-state index contributed by atoms with van der Waals surface area (Å²) in [4.78, 5) is 24.4. The van der Waals surface area contributed by atoms with Crippen LogP contribution in [0.3, 0.4) is 0 Å². The normalized spacial score (nSPS) is 17.8.